The minimum Gasteiger partial charge on any atom is -0.496 e. The van der Waals surface area contributed by atoms with Gasteiger partial charge in [-0.3, -0.25) is 4.79 Å². The number of ether oxygens (including phenoxy) is 2. The van der Waals surface area contributed by atoms with Crippen LogP contribution in [0.5, 0.6) is 5.75 Å². The van der Waals surface area contributed by atoms with Gasteiger partial charge in [0, 0.05) is 0 Å². The second-order valence-electron chi connectivity index (χ2n) is 5.26. The van der Waals surface area contributed by atoms with Crippen LogP contribution in [0.1, 0.15) is 28.9 Å². The highest BCUT2D eigenvalue weighted by Gasteiger charge is 2.31. The molecule has 0 aromatic heterocycles. The molecule has 1 amide bonds. The Morgan fingerprint density at radius 2 is 1.72 bits per heavy atom. The molecule has 2 unspecified atom stereocenters. The Hall–Kier alpha value is -2.86. The van der Waals surface area contributed by atoms with Crippen LogP contribution in [-0.4, -0.2) is 36.7 Å². The molecule has 2 rings (SSSR count). The van der Waals surface area contributed by atoms with Crippen LogP contribution in [0.2, 0.25) is 0 Å². The van der Waals surface area contributed by atoms with E-state index in [4.69, 9.17) is 9.47 Å². The summed E-state index contributed by atoms with van der Waals surface area (Å²) in [5, 5.41) is 13.1. The van der Waals surface area contributed by atoms with E-state index >= 15 is 0 Å². The summed E-state index contributed by atoms with van der Waals surface area (Å²) in [6, 6.07) is 14.0. The molecular weight excluding hydrogens is 322 g/mol. The number of hydrogen-bond acceptors (Lipinski definition) is 5. The van der Waals surface area contributed by atoms with Gasteiger partial charge in [0.25, 0.3) is 5.91 Å². The number of carbonyl (C=O) groups is 2. The van der Waals surface area contributed by atoms with Gasteiger partial charge < -0.3 is 19.9 Å². The average molecular weight is 343 g/mol. The first-order valence-electron chi connectivity index (χ1n) is 7.92. The lowest BCUT2D eigenvalue weighted by Gasteiger charge is -2.23. The zero-order valence-electron chi connectivity index (χ0n) is 14.1. The molecule has 6 heteroatoms. The standard InChI is InChI=1S/C19H21NO5/c1-3-25-19(23)16(17(21)13-9-5-4-6-10-13)20-18(22)14-11-7-8-12-15(14)24-2/h4-12,16-17,21H,3H2,1-2H3,(H,20,22). The van der Waals surface area contributed by atoms with Crippen LogP contribution in [-0.2, 0) is 9.53 Å². The summed E-state index contributed by atoms with van der Waals surface area (Å²) in [7, 11) is 1.45. The van der Waals surface area contributed by atoms with Crippen LogP contribution in [0, 0.1) is 0 Å². The monoisotopic (exact) mass is 343 g/mol. The number of hydrogen-bond donors (Lipinski definition) is 2. The summed E-state index contributed by atoms with van der Waals surface area (Å²) in [5.74, 6) is -0.871. The number of rotatable bonds is 7. The molecule has 0 saturated heterocycles. The molecule has 2 aromatic carbocycles. The normalized spacial score (nSPS) is 12.8. The molecule has 2 atom stereocenters. The van der Waals surface area contributed by atoms with Crippen LogP contribution >= 0.6 is 0 Å². The van der Waals surface area contributed by atoms with E-state index in [1.807, 2.05) is 0 Å². The fraction of sp³-hybridized carbons (Fsp3) is 0.263. The molecule has 25 heavy (non-hydrogen) atoms. The topological polar surface area (TPSA) is 84.9 Å². The smallest absolute Gasteiger partial charge is 0.331 e. The van der Waals surface area contributed by atoms with Crippen LogP contribution in [0.15, 0.2) is 54.6 Å². The first-order chi connectivity index (χ1) is 12.1. The zero-order valence-corrected chi connectivity index (χ0v) is 14.1. The number of amides is 1. The lowest BCUT2D eigenvalue weighted by Crippen LogP contribution is -2.46. The molecule has 2 aromatic rings. The van der Waals surface area contributed by atoms with Gasteiger partial charge in [-0.2, -0.15) is 0 Å². The van der Waals surface area contributed by atoms with Crippen molar-refractivity contribution in [1.82, 2.24) is 5.32 Å². The molecule has 0 spiro atoms. The van der Waals surface area contributed by atoms with Crippen molar-refractivity contribution in [2.24, 2.45) is 0 Å². The summed E-state index contributed by atoms with van der Waals surface area (Å²) in [6.07, 6.45) is -1.24. The van der Waals surface area contributed by atoms with Crippen molar-refractivity contribution in [3.63, 3.8) is 0 Å². The maximum absolute atomic E-state index is 12.6. The molecule has 0 aliphatic rings. The molecule has 6 nitrogen and oxygen atoms in total. The number of aliphatic hydroxyl groups is 1. The number of carbonyl (C=O) groups excluding carboxylic acids is 2. The Morgan fingerprint density at radius 3 is 2.36 bits per heavy atom. The van der Waals surface area contributed by atoms with Crippen molar-refractivity contribution >= 4 is 11.9 Å². The molecule has 0 fully saturated rings. The summed E-state index contributed by atoms with van der Waals surface area (Å²) in [4.78, 5) is 24.8. The van der Waals surface area contributed by atoms with Crippen LogP contribution < -0.4 is 10.1 Å². The summed E-state index contributed by atoms with van der Waals surface area (Å²) < 4.78 is 10.2. The Labute approximate surface area is 146 Å². The van der Waals surface area contributed by atoms with Gasteiger partial charge >= 0.3 is 5.97 Å². The Balaban J connectivity index is 2.27. The quantitative estimate of drug-likeness (QED) is 0.752. The van der Waals surface area contributed by atoms with Gasteiger partial charge in [0.05, 0.1) is 19.3 Å². The van der Waals surface area contributed by atoms with Gasteiger partial charge in [0.15, 0.2) is 6.04 Å². The molecule has 0 radical (unpaired) electrons. The van der Waals surface area contributed by atoms with Gasteiger partial charge in [-0.1, -0.05) is 42.5 Å². The fourth-order valence-electron chi connectivity index (χ4n) is 2.39. The summed E-state index contributed by atoms with van der Waals surface area (Å²) in [5.41, 5.74) is 0.764. The minimum absolute atomic E-state index is 0.140. The third kappa shape index (κ3) is 4.58. The van der Waals surface area contributed by atoms with Crippen molar-refractivity contribution in [3.8, 4) is 5.75 Å². The Bertz CT molecular complexity index is 717. The predicted octanol–water partition coefficient (Wildman–Crippen LogP) is 2.09. The minimum atomic E-state index is -1.24. The molecule has 0 heterocycles. The lowest BCUT2D eigenvalue weighted by molar-refractivity contribution is -0.148. The highest BCUT2D eigenvalue weighted by molar-refractivity contribution is 5.99. The number of benzene rings is 2. The lowest BCUT2D eigenvalue weighted by atomic mass is 10.0. The second-order valence-corrected chi connectivity index (χ2v) is 5.26. The van der Waals surface area contributed by atoms with Crippen molar-refractivity contribution in [3.05, 3.63) is 65.7 Å². The van der Waals surface area contributed by atoms with Crippen LogP contribution in [0.4, 0.5) is 0 Å². The third-order valence-electron chi connectivity index (χ3n) is 3.64. The van der Waals surface area contributed by atoms with Gasteiger partial charge in [-0.05, 0) is 24.6 Å². The molecule has 0 bridgehead atoms. The summed E-state index contributed by atoms with van der Waals surface area (Å²) in [6.45, 7) is 1.80. The van der Waals surface area contributed by atoms with Crippen molar-refractivity contribution < 1.29 is 24.2 Å². The fourth-order valence-corrected chi connectivity index (χ4v) is 2.39. The van der Waals surface area contributed by atoms with E-state index in [9.17, 15) is 14.7 Å². The first kappa shape index (κ1) is 18.5. The Morgan fingerprint density at radius 1 is 1.08 bits per heavy atom. The number of aliphatic hydroxyl groups excluding tert-OH is 1. The van der Waals surface area contributed by atoms with Crippen molar-refractivity contribution in [2.45, 2.75) is 19.1 Å². The highest BCUT2D eigenvalue weighted by Crippen LogP contribution is 2.21. The molecule has 132 valence electrons. The average Bonchev–Trinajstić information content (AvgIpc) is 2.66. The second kappa shape index (κ2) is 8.84. The van der Waals surface area contributed by atoms with E-state index in [0.29, 0.717) is 11.3 Å². The van der Waals surface area contributed by atoms with Gasteiger partial charge in [-0.25, -0.2) is 4.79 Å². The van der Waals surface area contributed by atoms with E-state index in [1.54, 1.807) is 61.5 Å². The van der Waals surface area contributed by atoms with Crippen molar-refractivity contribution in [1.29, 1.82) is 0 Å². The molecule has 0 aliphatic heterocycles. The Kier molecular flexibility index (Phi) is 6.54. The van der Waals surface area contributed by atoms with E-state index in [-0.39, 0.29) is 12.2 Å². The van der Waals surface area contributed by atoms with Crippen LogP contribution in [0.3, 0.4) is 0 Å². The van der Waals surface area contributed by atoms with Gasteiger partial charge in [0.2, 0.25) is 0 Å². The predicted molar refractivity (Wildman–Crippen MR) is 92.3 cm³/mol. The molecule has 0 saturated carbocycles. The summed E-state index contributed by atoms with van der Waals surface area (Å²) >= 11 is 0. The number of methoxy groups -OCH3 is 1. The number of para-hydroxylation sites is 1. The maximum Gasteiger partial charge on any atom is 0.331 e. The zero-order chi connectivity index (χ0) is 18.2. The van der Waals surface area contributed by atoms with E-state index in [1.165, 1.54) is 7.11 Å². The number of nitrogens with one attached hydrogen (secondary N) is 1. The first-order valence-corrected chi connectivity index (χ1v) is 7.92. The van der Waals surface area contributed by atoms with E-state index in [2.05, 4.69) is 5.32 Å². The van der Waals surface area contributed by atoms with Crippen LogP contribution in [0.25, 0.3) is 0 Å². The largest absolute Gasteiger partial charge is 0.496 e. The molecule has 2 N–H and O–H groups in total. The molecular formula is C19H21NO5. The van der Waals surface area contributed by atoms with Gasteiger partial charge in [0.1, 0.15) is 11.9 Å². The van der Waals surface area contributed by atoms with E-state index in [0.717, 1.165) is 0 Å². The number of esters is 1. The SMILES string of the molecule is CCOC(=O)C(NC(=O)c1ccccc1OC)C(O)c1ccccc1. The van der Waals surface area contributed by atoms with E-state index < -0.39 is 24.0 Å². The van der Waals surface area contributed by atoms with Gasteiger partial charge in [-0.15, -0.1) is 0 Å². The molecule has 0 aliphatic carbocycles. The third-order valence-corrected chi connectivity index (χ3v) is 3.64. The highest BCUT2D eigenvalue weighted by atomic mass is 16.5. The maximum atomic E-state index is 12.6. The van der Waals surface area contributed by atoms with Crippen molar-refractivity contribution in [2.75, 3.05) is 13.7 Å².